The first-order chi connectivity index (χ1) is 6.88. The number of halogens is 1. The zero-order chi connectivity index (χ0) is 9.54. The van der Waals surface area contributed by atoms with Crippen molar-refractivity contribution in [3.05, 3.63) is 23.4 Å². The average molecular weight is 227 g/mol. The van der Waals surface area contributed by atoms with Gasteiger partial charge in [0.1, 0.15) is 0 Å². The predicted molar refractivity (Wildman–Crippen MR) is 60.6 cm³/mol. The number of hydrogen-bond donors (Lipinski definition) is 1. The first-order valence-corrected chi connectivity index (χ1v) is 5.16. The quantitative estimate of drug-likeness (QED) is 0.794. The number of aromatic nitrogens is 1. The number of methoxy groups -OCH3 is 1. The van der Waals surface area contributed by atoms with Gasteiger partial charge in [-0.3, -0.25) is 0 Å². The minimum Gasteiger partial charge on any atom is -0.481 e. The summed E-state index contributed by atoms with van der Waals surface area (Å²) < 4.78 is 5.30. The highest BCUT2D eigenvalue weighted by Crippen LogP contribution is 2.38. The summed E-state index contributed by atoms with van der Waals surface area (Å²) in [6, 6.07) is 3.31. The Hall–Kier alpha value is -0.800. The van der Waals surface area contributed by atoms with E-state index in [1.54, 1.807) is 7.11 Å². The molecule has 82 valence electrons. The molecule has 3 nitrogen and oxygen atoms in total. The van der Waals surface area contributed by atoms with Gasteiger partial charge >= 0.3 is 0 Å². The van der Waals surface area contributed by atoms with Crippen molar-refractivity contribution in [2.75, 3.05) is 7.11 Å². The summed E-state index contributed by atoms with van der Waals surface area (Å²) in [7, 11) is 1.70. The molecule has 15 heavy (non-hydrogen) atoms. The van der Waals surface area contributed by atoms with Gasteiger partial charge in [0.05, 0.1) is 7.11 Å². The number of nitrogens with zero attached hydrogens (tertiary/aromatic N) is 1. The van der Waals surface area contributed by atoms with Gasteiger partial charge in [-0.1, -0.05) is 0 Å². The number of nitrogens with one attached hydrogen (secondary N) is 1. The third-order valence-corrected chi connectivity index (χ3v) is 3.31. The van der Waals surface area contributed by atoms with E-state index in [1.807, 2.05) is 6.20 Å². The van der Waals surface area contributed by atoms with Gasteiger partial charge in [0.2, 0.25) is 5.88 Å². The van der Waals surface area contributed by atoms with Crippen LogP contribution in [0.1, 0.15) is 30.0 Å². The van der Waals surface area contributed by atoms with Crippen LogP contribution in [0.4, 0.5) is 0 Å². The van der Waals surface area contributed by atoms with Crippen LogP contribution in [0.5, 0.6) is 5.88 Å². The van der Waals surface area contributed by atoms with E-state index in [4.69, 9.17) is 4.74 Å². The minimum atomic E-state index is 0. The van der Waals surface area contributed by atoms with E-state index < -0.39 is 0 Å². The van der Waals surface area contributed by atoms with Crippen molar-refractivity contribution >= 4 is 12.4 Å². The Morgan fingerprint density at radius 3 is 3.13 bits per heavy atom. The van der Waals surface area contributed by atoms with E-state index in [0.717, 1.165) is 12.3 Å². The molecule has 0 aliphatic carbocycles. The van der Waals surface area contributed by atoms with Crippen LogP contribution in [0, 0.1) is 0 Å². The highest BCUT2D eigenvalue weighted by molar-refractivity contribution is 5.85. The third kappa shape index (κ3) is 1.60. The van der Waals surface area contributed by atoms with E-state index in [-0.39, 0.29) is 12.4 Å². The van der Waals surface area contributed by atoms with E-state index >= 15 is 0 Å². The van der Waals surface area contributed by atoms with Crippen molar-refractivity contribution in [2.24, 2.45) is 0 Å². The molecular weight excluding hydrogens is 212 g/mol. The molecule has 4 heteroatoms. The van der Waals surface area contributed by atoms with Crippen molar-refractivity contribution in [2.45, 2.75) is 31.3 Å². The molecule has 0 unspecified atom stereocenters. The summed E-state index contributed by atoms with van der Waals surface area (Å²) in [5.41, 5.74) is 2.71. The lowest BCUT2D eigenvalue weighted by atomic mass is 9.97. The molecule has 2 atom stereocenters. The number of rotatable bonds is 1. The highest BCUT2D eigenvalue weighted by Gasteiger charge is 2.33. The molecule has 2 aliphatic heterocycles. The Balaban J connectivity index is 0.000000853. The summed E-state index contributed by atoms with van der Waals surface area (Å²) in [4.78, 5) is 4.26. The van der Waals surface area contributed by atoms with Gasteiger partial charge in [-0.15, -0.1) is 12.4 Å². The normalized spacial score (nSPS) is 26.7. The number of fused-ring (bicyclic) bond motifs is 4. The van der Waals surface area contributed by atoms with Crippen LogP contribution in [0.3, 0.4) is 0 Å². The summed E-state index contributed by atoms with van der Waals surface area (Å²) >= 11 is 0. The van der Waals surface area contributed by atoms with E-state index in [9.17, 15) is 0 Å². The van der Waals surface area contributed by atoms with E-state index in [1.165, 1.54) is 24.0 Å². The van der Waals surface area contributed by atoms with Crippen molar-refractivity contribution in [1.29, 1.82) is 0 Å². The largest absolute Gasteiger partial charge is 0.481 e. The van der Waals surface area contributed by atoms with Gasteiger partial charge in [0.25, 0.3) is 0 Å². The molecule has 0 aromatic carbocycles. The second-order valence-corrected chi connectivity index (χ2v) is 4.09. The Morgan fingerprint density at radius 1 is 1.47 bits per heavy atom. The molecule has 2 aliphatic rings. The smallest absolute Gasteiger partial charge is 0.216 e. The van der Waals surface area contributed by atoms with Crippen molar-refractivity contribution in [1.82, 2.24) is 10.3 Å². The van der Waals surface area contributed by atoms with Crippen molar-refractivity contribution in [3.63, 3.8) is 0 Å². The topological polar surface area (TPSA) is 34.1 Å². The van der Waals surface area contributed by atoms with E-state index in [2.05, 4.69) is 16.4 Å². The van der Waals surface area contributed by atoms with Crippen LogP contribution in [0.25, 0.3) is 0 Å². The second kappa shape index (κ2) is 3.99. The number of pyridine rings is 1. The van der Waals surface area contributed by atoms with Crippen LogP contribution < -0.4 is 10.1 Å². The van der Waals surface area contributed by atoms with E-state index in [0.29, 0.717) is 12.1 Å². The third-order valence-electron chi connectivity index (χ3n) is 3.31. The molecule has 1 fully saturated rings. The number of hydrogen-bond acceptors (Lipinski definition) is 3. The molecule has 1 aromatic heterocycles. The summed E-state index contributed by atoms with van der Waals surface area (Å²) in [5.74, 6) is 0.820. The average Bonchev–Trinajstić information content (AvgIpc) is 2.61. The Bertz CT molecular complexity index is 370. The molecule has 2 bridgehead atoms. The summed E-state index contributed by atoms with van der Waals surface area (Å²) in [5, 5.41) is 3.61. The second-order valence-electron chi connectivity index (χ2n) is 4.09. The maximum atomic E-state index is 5.30. The molecule has 1 aromatic rings. The van der Waals surface area contributed by atoms with Crippen LogP contribution in [-0.2, 0) is 6.42 Å². The van der Waals surface area contributed by atoms with Gasteiger partial charge in [0, 0.05) is 23.8 Å². The predicted octanol–water partition coefficient (Wildman–Crippen LogP) is 1.86. The molecular formula is C11H15ClN2O. The molecule has 1 saturated heterocycles. The molecule has 0 saturated carbocycles. The zero-order valence-electron chi connectivity index (χ0n) is 8.69. The van der Waals surface area contributed by atoms with Crippen LogP contribution in [0.2, 0.25) is 0 Å². The molecule has 1 N–H and O–H groups in total. The molecule has 3 rings (SSSR count). The lowest BCUT2D eigenvalue weighted by molar-refractivity contribution is 0.383. The van der Waals surface area contributed by atoms with Gasteiger partial charge in [-0.2, -0.15) is 0 Å². The Labute approximate surface area is 95.6 Å². The lowest BCUT2D eigenvalue weighted by Gasteiger charge is -2.25. The molecule has 0 amide bonds. The Kier molecular flexibility index (Phi) is 2.85. The van der Waals surface area contributed by atoms with Crippen molar-refractivity contribution < 1.29 is 4.74 Å². The maximum Gasteiger partial charge on any atom is 0.216 e. The fourth-order valence-electron chi connectivity index (χ4n) is 2.67. The first kappa shape index (κ1) is 10.7. The highest BCUT2D eigenvalue weighted by atomic mass is 35.5. The number of ether oxygens (including phenoxy) is 1. The molecule has 3 heterocycles. The zero-order valence-corrected chi connectivity index (χ0v) is 9.51. The first-order valence-electron chi connectivity index (χ1n) is 5.16. The SMILES string of the molecule is COc1nccc2c1C[C@@H]1CC[C@H]2N1.Cl. The van der Waals surface area contributed by atoms with Crippen LogP contribution in [0.15, 0.2) is 12.3 Å². The monoisotopic (exact) mass is 226 g/mol. The van der Waals surface area contributed by atoms with Gasteiger partial charge in [-0.05, 0) is 30.9 Å². The lowest BCUT2D eigenvalue weighted by Crippen LogP contribution is -2.32. The summed E-state index contributed by atoms with van der Waals surface area (Å²) in [6.07, 6.45) is 5.45. The molecule has 0 spiro atoms. The maximum absolute atomic E-state index is 5.30. The van der Waals surface area contributed by atoms with Crippen LogP contribution in [-0.4, -0.2) is 18.1 Å². The standard InChI is InChI=1S/C11H14N2O.ClH/c1-14-11-9-6-7-2-3-10(13-7)8(9)4-5-12-11;/h4-5,7,10,13H,2-3,6H2,1H3;1H/t7-,10+;/m0./s1. The molecule has 0 radical (unpaired) electrons. The fraction of sp³-hybridized carbons (Fsp3) is 0.545. The van der Waals surface area contributed by atoms with Gasteiger partial charge in [0.15, 0.2) is 0 Å². The Morgan fingerprint density at radius 2 is 2.33 bits per heavy atom. The summed E-state index contributed by atoms with van der Waals surface area (Å²) in [6.45, 7) is 0. The van der Waals surface area contributed by atoms with Crippen molar-refractivity contribution in [3.8, 4) is 5.88 Å². The minimum absolute atomic E-state index is 0. The van der Waals surface area contributed by atoms with Crippen LogP contribution >= 0.6 is 12.4 Å². The van der Waals surface area contributed by atoms with Gasteiger partial charge < -0.3 is 10.1 Å². The fourth-order valence-corrected chi connectivity index (χ4v) is 2.67. The van der Waals surface area contributed by atoms with Gasteiger partial charge in [-0.25, -0.2) is 4.98 Å².